The van der Waals surface area contributed by atoms with Crippen LogP contribution in [0, 0.1) is 11.6 Å². The maximum absolute atomic E-state index is 14.8. The third kappa shape index (κ3) is 4.25. The van der Waals surface area contributed by atoms with Crippen LogP contribution >= 0.6 is 0 Å². The van der Waals surface area contributed by atoms with E-state index in [-0.39, 0.29) is 12.5 Å². The highest BCUT2D eigenvalue weighted by Crippen LogP contribution is 2.34. The number of methoxy groups -OCH3 is 1. The summed E-state index contributed by atoms with van der Waals surface area (Å²) in [6, 6.07) is 15.0. The van der Waals surface area contributed by atoms with Crippen LogP contribution in [-0.2, 0) is 11.3 Å². The van der Waals surface area contributed by atoms with Crippen LogP contribution in [0.1, 0.15) is 17.3 Å². The second kappa shape index (κ2) is 9.46. The number of benzene rings is 2. The van der Waals surface area contributed by atoms with Gasteiger partial charge in [0.1, 0.15) is 17.4 Å². The smallest absolute Gasteiger partial charge is 0.236 e. The number of piperazine rings is 1. The molecule has 1 amide bonds. The van der Waals surface area contributed by atoms with Crippen molar-refractivity contribution in [2.45, 2.75) is 12.6 Å². The van der Waals surface area contributed by atoms with Crippen LogP contribution in [0.3, 0.4) is 0 Å². The van der Waals surface area contributed by atoms with E-state index >= 15 is 0 Å². The third-order valence-electron chi connectivity index (χ3n) is 6.79. The van der Waals surface area contributed by atoms with Gasteiger partial charge in [-0.1, -0.05) is 18.2 Å². The Morgan fingerprint density at radius 1 is 0.971 bits per heavy atom. The van der Waals surface area contributed by atoms with Gasteiger partial charge in [0.25, 0.3) is 0 Å². The number of halogens is 2. The number of hydrogen-bond acceptors (Lipinski definition) is 4. The molecule has 1 fully saturated rings. The van der Waals surface area contributed by atoms with Gasteiger partial charge in [-0.15, -0.1) is 0 Å². The molecule has 178 valence electrons. The van der Waals surface area contributed by atoms with E-state index in [4.69, 9.17) is 4.74 Å². The molecule has 34 heavy (non-hydrogen) atoms. The number of carbonyl (C=O) groups excluding carboxylic acids is 1. The maximum atomic E-state index is 14.8. The number of ether oxygens (including phenoxy) is 1. The second-order valence-corrected chi connectivity index (χ2v) is 8.70. The van der Waals surface area contributed by atoms with Crippen molar-refractivity contribution in [3.05, 3.63) is 83.7 Å². The SMILES string of the molecule is COc1ccccc1N1CCN(C(=O)CN2CCn3cccc3C2c2ccc(F)cc2F)CC1. The van der Waals surface area contributed by atoms with E-state index in [0.29, 0.717) is 38.3 Å². The number of para-hydroxylation sites is 2. The van der Waals surface area contributed by atoms with Gasteiger partial charge in [0.15, 0.2) is 0 Å². The molecule has 1 atom stereocenters. The fourth-order valence-corrected chi connectivity index (χ4v) is 5.04. The van der Waals surface area contributed by atoms with Gasteiger partial charge in [0.05, 0.1) is 25.4 Å². The van der Waals surface area contributed by atoms with Gasteiger partial charge in [-0.3, -0.25) is 9.69 Å². The molecule has 3 heterocycles. The molecule has 2 aliphatic heterocycles. The molecule has 1 saturated heterocycles. The lowest BCUT2D eigenvalue weighted by atomic mass is 9.99. The molecular formula is C26H28F2N4O2. The summed E-state index contributed by atoms with van der Waals surface area (Å²) in [6.45, 7) is 4.15. The van der Waals surface area contributed by atoms with Gasteiger partial charge < -0.3 is 19.1 Å². The van der Waals surface area contributed by atoms with Crippen molar-refractivity contribution >= 4 is 11.6 Å². The molecule has 8 heteroatoms. The van der Waals surface area contributed by atoms with Gasteiger partial charge in [-0.2, -0.15) is 0 Å². The summed E-state index contributed by atoms with van der Waals surface area (Å²) in [5, 5.41) is 0. The summed E-state index contributed by atoms with van der Waals surface area (Å²) < 4.78 is 35.9. The van der Waals surface area contributed by atoms with E-state index in [1.807, 2.05) is 52.4 Å². The minimum atomic E-state index is -0.608. The Morgan fingerprint density at radius 3 is 2.53 bits per heavy atom. The Labute approximate surface area is 197 Å². The van der Waals surface area contributed by atoms with E-state index in [0.717, 1.165) is 29.7 Å². The quantitative estimate of drug-likeness (QED) is 0.577. The number of amides is 1. The minimum Gasteiger partial charge on any atom is -0.495 e. The molecule has 1 unspecified atom stereocenters. The molecule has 6 nitrogen and oxygen atoms in total. The first-order valence-corrected chi connectivity index (χ1v) is 11.5. The second-order valence-electron chi connectivity index (χ2n) is 8.70. The van der Waals surface area contributed by atoms with Crippen molar-refractivity contribution in [1.29, 1.82) is 0 Å². The first-order chi connectivity index (χ1) is 16.5. The summed E-state index contributed by atoms with van der Waals surface area (Å²) >= 11 is 0. The zero-order valence-electron chi connectivity index (χ0n) is 19.2. The summed E-state index contributed by atoms with van der Waals surface area (Å²) in [7, 11) is 1.66. The van der Waals surface area contributed by atoms with Crippen molar-refractivity contribution in [3.63, 3.8) is 0 Å². The molecule has 1 aromatic heterocycles. The van der Waals surface area contributed by atoms with Gasteiger partial charge in [-0.25, -0.2) is 8.78 Å². The Bertz CT molecular complexity index is 1170. The zero-order chi connectivity index (χ0) is 23.7. The predicted octanol–water partition coefficient (Wildman–Crippen LogP) is 3.53. The number of fused-ring (bicyclic) bond motifs is 1. The molecule has 0 spiro atoms. The molecule has 5 rings (SSSR count). The first kappa shape index (κ1) is 22.4. The van der Waals surface area contributed by atoms with Crippen LogP contribution in [0.15, 0.2) is 60.8 Å². The molecule has 0 aliphatic carbocycles. The molecule has 0 N–H and O–H groups in total. The first-order valence-electron chi connectivity index (χ1n) is 11.5. The highest BCUT2D eigenvalue weighted by molar-refractivity contribution is 5.79. The zero-order valence-corrected chi connectivity index (χ0v) is 19.2. The number of aromatic nitrogens is 1. The number of nitrogens with zero attached hydrogens (tertiary/aromatic N) is 4. The normalized spacial score (nSPS) is 18.6. The summed E-state index contributed by atoms with van der Waals surface area (Å²) in [6.07, 6.45) is 1.96. The van der Waals surface area contributed by atoms with E-state index in [1.54, 1.807) is 7.11 Å². The number of anilines is 1. The average molecular weight is 467 g/mol. The fourth-order valence-electron chi connectivity index (χ4n) is 5.04. The lowest BCUT2D eigenvalue weighted by Gasteiger charge is -2.40. The van der Waals surface area contributed by atoms with Crippen molar-refractivity contribution in [2.75, 3.05) is 51.3 Å². The van der Waals surface area contributed by atoms with E-state index in [1.165, 1.54) is 12.1 Å². The van der Waals surface area contributed by atoms with Crippen molar-refractivity contribution in [1.82, 2.24) is 14.4 Å². The van der Waals surface area contributed by atoms with Crippen LogP contribution in [0.5, 0.6) is 5.75 Å². The van der Waals surface area contributed by atoms with Crippen LogP contribution < -0.4 is 9.64 Å². The van der Waals surface area contributed by atoms with Crippen molar-refractivity contribution in [2.24, 2.45) is 0 Å². The Hall–Kier alpha value is -3.39. The summed E-state index contributed by atoms with van der Waals surface area (Å²) in [5.74, 6) is -0.361. The number of hydrogen-bond donors (Lipinski definition) is 0. The van der Waals surface area contributed by atoms with Crippen LogP contribution in [0.25, 0.3) is 0 Å². The van der Waals surface area contributed by atoms with Gasteiger partial charge in [0.2, 0.25) is 5.91 Å². The Balaban J connectivity index is 1.30. The van der Waals surface area contributed by atoms with Gasteiger partial charge in [0, 0.05) is 62.8 Å². The molecular weight excluding hydrogens is 438 g/mol. The summed E-state index contributed by atoms with van der Waals surface area (Å²) in [4.78, 5) is 19.4. The summed E-state index contributed by atoms with van der Waals surface area (Å²) in [5.41, 5.74) is 2.32. The highest BCUT2D eigenvalue weighted by Gasteiger charge is 2.33. The number of carbonyl (C=O) groups is 1. The molecule has 2 aromatic carbocycles. The lowest BCUT2D eigenvalue weighted by molar-refractivity contribution is -0.133. The molecule has 0 radical (unpaired) electrons. The highest BCUT2D eigenvalue weighted by atomic mass is 19.1. The standard InChI is InChI=1S/C26H28F2N4O2/c1-34-24-7-3-2-5-22(24)30-11-14-31(15-12-30)25(33)18-32-16-13-29-10-4-6-23(29)26(32)20-9-8-19(27)17-21(20)28/h2-10,17,26H,11-16,18H2,1H3. The lowest BCUT2D eigenvalue weighted by Crippen LogP contribution is -2.52. The van der Waals surface area contributed by atoms with Crippen LogP contribution in [0.4, 0.5) is 14.5 Å². The van der Waals surface area contributed by atoms with Crippen LogP contribution in [-0.4, -0.2) is 66.7 Å². The topological polar surface area (TPSA) is 41.0 Å². The van der Waals surface area contributed by atoms with Crippen molar-refractivity contribution in [3.8, 4) is 5.75 Å². The number of rotatable bonds is 5. The maximum Gasteiger partial charge on any atom is 0.236 e. The van der Waals surface area contributed by atoms with E-state index in [9.17, 15) is 13.6 Å². The van der Waals surface area contributed by atoms with Gasteiger partial charge in [-0.05, 0) is 30.3 Å². The minimum absolute atomic E-state index is 0.0206. The molecule has 0 bridgehead atoms. The molecule has 2 aliphatic rings. The largest absolute Gasteiger partial charge is 0.495 e. The third-order valence-corrected chi connectivity index (χ3v) is 6.79. The van der Waals surface area contributed by atoms with Crippen LogP contribution in [0.2, 0.25) is 0 Å². The average Bonchev–Trinajstić information content (AvgIpc) is 3.33. The van der Waals surface area contributed by atoms with Gasteiger partial charge >= 0.3 is 0 Å². The van der Waals surface area contributed by atoms with Crippen molar-refractivity contribution < 1.29 is 18.3 Å². The molecule has 0 saturated carbocycles. The predicted molar refractivity (Wildman–Crippen MR) is 126 cm³/mol. The monoisotopic (exact) mass is 466 g/mol. The van der Waals surface area contributed by atoms with E-state index in [2.05, 4.69) is 9.47 Å². The van der Waals surface area contributed by atoms with E-state index < -0.39 is 17.7 Å². The molecule has 3 aromatic rings. The Kier molecular flexibility index (Phi) is 6.24. The fraction of sp³-hybridized carbons (Fsp3) is 0.346. The Morgan fingerprint density at radius 2 is 1.76 bits per heavy atom.